The highest BCUT2D eigenvalue weighted by Gasteiger charge is 1.95. The molecule has 4 nitrogen and oxygen atoms in total. The minimum absolute atomic E-state index is 0.129. The number of aliphatic hydroxyl groups excluding tert-OH is 1. The second-order valence-electron chi connectivity index (χ2n) is 3.90. The van der Waals surface area contributed by atoms with Crippen LogP contribution in [0.3, 0.4) is 0 Å². The monoisotopic (exact) mass is 250 g/mol. The first-order chi connectivity index (χ1) is 8.12. The Balaban J connectivity index is 0. The molecule has 17 heavy (non-hydrogen) atoms. The van der Waals surface area contributed by atoms with E-state index in [9.17, 15) is 0 Å². The first-order valence-corrected chi connectivity index (χ1v) is 6.45. The lowest BCUT2D eigenvalue weighted by Crippen LogP contribution is -2.10. The highest BCUT2D eigenvalue weighted by Crippen LogP contribution is 1.94. The van der Waals surface area contributed by atoms with E-state index in [1.165, 1.54) is 0 Å². The Morgan fingerprint density at radius 1 is 0.882 bits per heavy atom. The van der Waals surface area contributed by atoms with E-state index in [0.29, 0.717) is 32.0 Å². The van der Waals surface area contributed by atoms with E-state index in [2.05, 4.69) is 20.8 Å². The third-order valence-electron chi connectivity index (χ3n) is 2.33. The molecule has 1 N–H and O–H groups in total. The van der Waals surface area contributed by atoms with Crippen LogP contribution < -0.4 is 0 Å². The maximum atomic E-state index is 8.29. The Morgan fingerprint density at radius 3 is 1.71 bits per heavy atom. The largest absolute Gasteiger partial charge is 0.394 e. The van der Waals surface area contributed by atoms with Gasteiger partial charge in [-0.25, -0.2) is 0 Å². The van der Waals surface area contributed by atoms with E-state index in [1.54, 1.807) is 7.11 Å². The molecule has 0 rings (SSSR count). The van der Waals surface area contributed by atoms with Gasteiger partial charge in [-0.2, -0.15) is 0 Å². The van der Waals surface area contributed by atoms with Crippen molar-refractivity contribution < 1.29 is 19.3 Å². The first-order valence-electron chi connectivity index (χ1n) is 6.45. The average molecular weight is 250 g/mol. The van der Waals surface area contributed by atoms with Crippen LogP contribution in [-0.4, -0.2) is 50.9 Å². The minimum Gasteiger partial charge on any atom is -0.394 e. The van der Waals surface area contributed by atoms with Crippen LogP contribution >= 0.6 is 0 Å². The first kappa shape index (κ1) is 19.2. The highest BCUT2D eigenvalue weighted by atomic mass is 16.5. The Bertz CT molecular complexity index is 131. The molecule has 0 aromatic rings. The summed E-state index contributed by atoms with van der Waals surface area (Å²) in [6.07, 6.45) is 2.76. The number of hydrogen-bond donors (Lipinski definition) is 1. The van der Waals surface area contributed by atoms with Crippen LogP contribution in [0.25, 0.3) is 0 Å². The fourth-order valence-corrected chi connectivity index (χ4v) is 0.822. The summed E-state index contributed by atoms with van der Waals surface area (Å²) in [6, 6.07) is 0. The number of aliphatic hydroxyl groups is 1. The second-order valence-corrected chi connectivity index (χ2v) is 3.90. The van der Waals surface area contributed by atoms with E-state index >= 15 is 0 Å². The summed E-state index contributed by atoms with van der Waals surface area (Å²) in [4.78, 5) is 0. The molecule has 0 fully saturated rings. The minimum atomic E-state index is 0.129. The maximum absolute atomic E-state index is 8.29. The van der Waals surface area contributed by atoms with Crippen molar-refractivity contribution in [3.63, 3.8) is 0 Å². The number of methoxy groups -OCH3 is 1. The van der Waals surface area contributed by atoms with Crippen molar-refractivity contribution in [2.75, 3.05) is 33.5 Å². The molecule has 2 atom stereocenters. The Morgan fingerprint density at radius 2 is 1.35 bits per heavy atom. The van der Waals surface area contributed by atoms with Gasteiger partial charge in [0.25, 0.3) is 0 Å². The van der Waals surface area contributed by atoms with Crippen molar-refractivity contribution in [1.82, 2.24) is 0 Å². The molecule has 0 amide bonds. The summed E-state index contributed by atoms with van der Waals surface area (Å²) in [6.45, 7) is 10.2. The van der Waals surface area contributed by atoms with Crippen molar-refractivity contribution in [2.45, 2.75) is 52.7 Å². The van der Waals surface area contributed by atoms with E-state index in [4.69, 9.17) is 19.3 Å². The molecule has 4 heteroatoms. The van der Waals surface area contributed by atoms with Gasteiger partial charge in [0.2, 0.25) is 0 Å². The molecular formula is C13H30O4. The van der Waals surface area contributed by atoms with Gasteiger partial charge in [-0.1, -0.05) is 13.8 Å². The molecule has 0 aliphatic rings. The zero-order chi connectivity index (χ0) is 13.5. The number of hydrogen-bond acceptors (Lipinski definition) is 4. The van der Waals surface area contributed by atoms with E-state index in [-0.39, 0.29) is 6.61 Å². The van der Waals surface area contributed by atoms with Crippen LogP contribution in [0, 0.1) is 0 Å². The molecule has 0 heterocycles. The topological polar surface area (TPSA) is 47.9 Å². The van der Waals surface area contributed by atoms with Crippen LogP contribution in [0.2, 0.25) is 0 Å². The molecule has 0 aromatic heterocycles. The van der Waals surface area contributed by atoms with Crippen molar-refractivity contribution >= 4 is 0 Å². The molecule has 0 aromatic carbocycles. The fraction of sp³-hybridized carbons (Fsp3) is 1.00. The molecule has 106 valence electrons. The molecule has 0 saturated carbocycles. The average Bonchev–Trinajstić information content (AvgIpc) is 2.36. The zero-order valence-corrected chi connectivity index (χ0v) is 12.1. The maximum Gasteiger partial charge on any atom is 0.0703 e. The molecule has 2 unspecified atom stereocenters. The van der Waals surface area contributed by atoms with Gasteiger partial charge >= 0.3 is 0 Å². The Hall–Kier alpha value is -0.160. The summed E-state index contributed by atoms with van der Waals surface area (Å²) < 4.78 is 15.2. The van der Waals surface area contributed by atoms with Crippen molar-refractivity contribution in [3.05, 3.63) is 0 Å². The summed E-state index contributed by atoms with van der Waals surface area (Å²) in [5.74, 6) is 0. The molecule has 0 radical (unpaired) electrons. The van der Waals surface area contributed by atoms with Crippen LogP contribution in [0.15, 0.2) is 0 Å². The van der Waals surface area contributed by atoms with E-state index in [0.717, 1.165) is 12.8 Å². The van der Waals surface area contributed by atoms with Gasteiger partial charge in [0.05, 0.1) is 38.6 Å². The third kappa shape index (κ3) is 18.4. The molecular weight excluding hydrogens is 220 g/mol. The van der Waals surface area contributed by atoms with Crippen LogP contribution in [-0.2, 0) is 14.2 Å². The van der Waals surface area contributed by atoms with Crippen molar-refractivity contribution in [2.24, 2.45) is 0 Å². The number of rotatable bonds is 9. The molecule has 0 spiro atoms. The Kier molecular flexibility index (Phi) is 17.9. The summed E-state index contributed by atoms with van der Waals surface area (Å²) in [5.41, 5.74) is 0. The number of ether oxygens (including phenoxy) is 3. The van der Waals surface area contributed by atoms with Crippen LogP contribution in [0.1, 0.15) is 40.5 Å². The zero-order valence-electron chi connectivity index (χ0n) is 12.1. The second kappa shape index (κ2) is 15.8. The predicted octanol–water partition coefficient (Wildman–Crippen LogP) is 2.24. The molecule has 0 aliphatic carbocycles. The standard InChI is InChI=1S/C7H16O2.C6H14O2/c1-4-7(2)9-6-5-8-3;1-3-6(2)8-5-4-7/h7H,4-6H2,1-3H3;6-7H,3-5H2,1-2H3. The third-order valence-corrected chi connectivity index (χ3v) is 2.33. The summed E-state index contributed by atoms with van der Waals surface area (Å²) in [5, 5.41) is 8.29. The summed E-state index contributed by atoms with van der Waals surface area (Å²) >= 11 is 0. The smallest absolute Gasteiger partial charge is 0.0703 e. The van der Waals surface area contributed by atoms with Gasteiger partial charge in [-0.3, -0.25) is 0 Å². The van der Waals surface area contributed by atoms with Crippen molar-refractivity contribution in [1.29, 1.82) is 0 Å². The van der Waals surface area contributed by atoms with Gasteiger partial charge in [0, 0.05) is 7.11 Å². The van der Waals surface area contributed by atoms with Crippen LogP contribution in [0.4, 0.5) is 0 Å². The fourth-order valence-electron chi connectivity index (χ4n) is 0.822. The van der Waals surface area contributed by atoms with Gasteiger partial charge in [0.15, 0.2) is 0 Å². The summed E-state index contributed by atoms with van der Waals surface area (Å²) in [7, 11) is 1.68. The van der Waals surface area contributed by atoms with E-state index < -0.39 is 0 Å². The molecule has 0 aliphatic heterocycles. The van der Waals surface area contributed by atoms with Gasteiger partial charge in [-0.15, -0.1) is 0 Å². The quantitative estimate of drug-likeness (QED) is 0.638. The SMILES string of the molecule is CCC(C)OCCO.CCC(C)OCCOC. The van der Waals surface area contributed by atoms with Gasteiger partial charge in [0.1, 0.15) is 0 Å². The lowest BCUT2D eigenvalue weighted by molar-refractivity contribution is 0.0248. The Labute approximate surface area is 106 Å². The predicted molar refractivity (Wildman–Crippen MR) is 70.4 cm³/mol. The van der Waals surface area contributed by atoms with E-state index in [1.807, 2.05) is 6.92 Å². The lowest BCUT2D eigenvalue weighted by Gasteiger charge is -2.08. The van der Waals surface area contributed by atoms with Gasteiger partial charge in [-0.05, 0) is 26.7 Å². The van der Waals surface area contributed by atoms with Crippen molar-refractivity contribution in [3.8, 4) is 0 Å². The van der Waals surface area contributed by atoms with Crippen LogP contribution in [0.5, 0.6) is 0 Å². The normalized spacial score (nSPS) is 13.8. The highest BCUT2D eigenvalue weighted by molar-refractivity contribution is 4.43. The molecule has 0 saturated heterocycles. The molecule has 0 bridgehead atoms. The van der Waals surface area contributed by atoms with Gasteiger partial charge < -0.3 is 19.3 Å². The lowest BCUT2D eigenvalue weighted by atomic mass is 10.3.